The van der Waals surface area contributed by atoms with Gasteiger partial charge in [0.25, 0.3) is 0 Å². The van der Waals surface area contributed by atoms with E-state index in [2.05, 4.69) is 27.7 Å². The first kappa shape index (κ1) is 24.1. The van der Waals surface area contributed by atoms with Crippen LogP contribution < -0.4 is 0 Å². The summed E-state index contributed by atoms with van der Waals surface area (Å²) in [4.78, 5) is 16.8. The van der Waals surface area contributed by atoms with Gasteiger partial charge >= 0.3 is 5.97 Å². The Morgan fingerprint density at radius 3 is 2.41 bits per heavy atom. The summed E-state index contributed by atoms with van der Waals surface area (Å²) >= 11 is 0. The number of hydrogen-bond donors (Lipinski definition) is 1. The van der Waals surface area contributed by atoms with Gasteiger partial charge in [0.1, 0.15) is 11.9 Å². The van der Waals surface area contributed by atoms with Crippen LogP contribution in [0, 0.1) is 5.82 Å². The zero-order chi connectivity index (χ0) is 23.4. The molecular weight excluding hydrogens is 409 g/mol. The molecule has 2 heterocycles. The number of carbonyl (C=O) groups is 1. The first-order chi connectivity index (χ1) is 15.2. The fourth-order valence-electron chi connectivity index (χ4n) is 4.13. The predicted octanol–water partition coefficient (Wildman–Crippen LogP) is 5.36. The van der Waals surface area contributed by atoms with Crippen molar-refractivity contribution in [1.82, 2.24) is 4.98 Å². The smallest absolute Gasteiger partial charge is 0.309 e. The van der Waals surface area contributed by atoms with Crippen molar-refractivity contribution in [3.05, 3.63) is 58.7 Å². The highest BCUT2D eigenvalue weighted by Crippen LogP contribution is 2.38. The van der Waals surface area contributed by atoms with Gasteiger partial charge in [-0.3, -0.25) is 9.78 Å². The lowest BCUT2D eigenvalue weighted by atomic mass is 9.87. The van der Waals surface area contributed by atoms with Crippen molar-refractivity contribution in [2.75, 3.05) is 7.11 Å². The van der Waals surface area contributed by atoms with Crippen LogP contribution in [0.25, 0.3) is 17.2 Å². The Morgan fingerprint density at radius 1 is 1.19 bits per heavy atom. The zero-order valence-electron chi connectivity index (χ0n) is 19.4. The molecule has 1 unspecified atom stereocenters. The molecule has 2 aromatic rings. The van der Waals surface area contributed by atoms with Gasteiger partial charge in [0.2, 0.25) is 0 Å². The van der Waals surface area contributed by atoms with Crippen molar-refractivity contribution >= 4 is 12.0 Å². The number of methoxy groups -OCH3 is 1. The van der Waals surface area contributed by atoms with E-state index < -0.39 is 18.2 Å². The molecular formula is C26H32FNO4. The van der Waals surface area contributed by atoms with Gasteiger partial charge in [0, 0.05) is 30.4 Å². The van der Waals surface area contributed by atoms with Gasteiger partial charge in [-0.1, -0.05) is 45.9 Å². The number of aromatic nitrogens is 1. The minimum atomic E-state index is -0.711. The molecule has 2 atom stereocenters. The van der Waals surface area contributed by atoms with Gasteiger partial charge in [0.05, 0.1) is 24.8 Å². The molecule has 1 aliphatic heterocycles. The molecule has 0 saturated carbocycles. The lowest BCUT2D eigenvalue weighted by Crippen LogP contribution is -2.31. The number of halogens is 1. The van der Waals surface area contributed by atoms with Crippen LogP contribution in [0.3, 0.4) is 0 Å². The van der Waals surface area contributed by atoms with Gasteiger partial charge in [-0.05, 0) is 41.2 Å². The van der Waals surface area contributed by atoms with Crippen molar-refractivity contribution in [2.45, 2.75) is 71.2 Å². The molecule has 0 radical (unpaired) electrons. The first-order valence-electron chi connectivity index (χ1n) is 11.1. The normalized spacial score (nSPS) is 19.2. The molecule has 0 aliphatic carbocycles. The van der Waals surface area contributed by atoms with E-state index in [1.807, 2.05) is 12.2 Å². The van der Waals surface area contributed by atoms with Gasteiger partial charge in [0.15, 0.2) is 0 Å². The first-order valence-corrected chi connectivity index (χ1v) is 11.1. The third-order valence-electron chi connectivity index (χ3n) is 5.58. The summed E-state index contributed by atoms with van der Waals surface area (Å²) < 4.78 is 24.6. The van der Waals surface area contributed by atoms with Crippen molar-refractivity contribution in [3.8, 4) is 11.1 Å². The zero-order valence-corrected chi connectivity index (χ0v) is 19.4. The number of rotatable bonds is 7. The number of ether oxygens (including phenoxy) is 2. The SMILES string of the molecule is COCc1c(C(C)C)nc(C(C)C)c(C=CC2C[C@@H](O)CC(=O)O2)c1-c1ccc(F)cc1. The molecule has 1 aromatic heterocycles. The highest BCUT2D eigenvalue weighted by Gasteiger charge is 2.27. The molecule has 1 saturated heterocycles. The van der Waals surface area contributed by atoms with E-state index in [9.17, 15) is 14.3 Å². The van der Waals surface area contributed by atoms with Crippen LogP contribution in [0.1, 0.15) is 74.9 Å². The minimum Gasteiger partial charge on any atom is -0.458 e. The van der Waals surface area contributed by atoms with Crippen LogP contribution in [0.15, 0.2) is 30.3 Å². The predicted molar refractivity (Wildman–Crippen MR) is 123 cm³/mol. The van der Waals surface area contributed by atoms with E-state index in [1.165, 1.54) is 12.1 Å². The molecule has 1 aliphatic rings. The van der Waals surface area contributed by atoms with Crippen LogP contribution >= 0.6 is 0 Å². The molecule has 6 heteroatoms. The third kappa shape index (κ3) is 5.43. The Morgan fingerprint density at radius 2 is 1.84 bits per heavy atom. The lowest BCUT2D eigenvalue weighted by molar-refractivity contribution is -0.156. The molecule has 32 heavy (non-hydrogen) atoms. The summed E-state index contributed by atoms with van der Waals surface area (Å²) in [7, 11) is 1.65. The summed E-state index contributed by atoms with van der Waals surface area (Å²) in [6.07, 6.45) is 2.88. The highest BCUT2D eigenvalue weighted by atomic mass is 19.1. The van der Waals surface area contributed by atoms with E-state index >= 15 is 0 Å². The van der Waals surface area contributed by atoms with E-state index in [0.29, 0.717) is 13.0 Å². The fraction of sp³-hybridized carbons (Fsp3) is 0.462. The van der Waals surface area contributed by atoms with E-state index in [4.69, 9.17) is 14.5 Å². The molecule has 3 rings (SSSR count). The van der Waals surface area contributed by atoms with Gasteiger partial charge in [-0.2, -0.15) is 0 Å². The average molecular weight is 442 g/mol. The molecule has 0 bridgehead atoms. The van der Waals surface area contributed by atoms with Gasteiger partial charge in [-0.25, -0.2) is 4.39 Å². The Bertz CT molecular complexity index is 982. The molecule has 1 aromatic carbocycles. The number of carbonyl (C=O) groups excluding carboxylic acids is 1. The topological polar surface area (TPSA) is 68.7 Å². The van der Waals surface area contributed by atoms with E-state index in [-0.39, 0.29) is 24.1 Å². The van der Waals surface area contributed by atoms with Crippen molar-refractivity contribution in [3.63, 3.8) is 0 Å². The number of pyridine rings is 1. The monoisotopic (exact) mass is 441 g/mol. The molecule has 0 amide bonds. The summed E-state index contributed by atoms with van der Waals surface area (Å²) in [5.41, 5.74) is 5.51. The number of hydrogen-bond acceptors (Lipinski definition) is 5. The summed E-state index contributed by atoms with van der Waals surface area (Å²) in [5.74, 6) is -0.411. The summed E-state index contributed by atoms with van der Waals surface area (Å²) in [6, 6.07) is 6.42. The van der Waals surface area contributed by atoms with Crippen molar-refractivity contribution in [1.29, 1.82) is 0 Å². The van der Waals surface area contributed by atoms with Crippen LogP contribution in [0.2, 0.25) is 0 Å². The van der Waals surface area contributed by atoms with Crippen molar-refractivity contribution in [2.24, 2.45) is 0 Å². The number of nitrogens with zero attached hydrogens (tertiary/aromatic N) is 1. The largest absolute Gasteiger partial charge is 0.458 e. The summed E-state index contributed by atoms with van der Waals surface area (Å²) in [6.45, 7) is 8.72. The van der Waals surface area contributed by atoms with Crippen LogP contribution in [0.4, 0.5) is 4.39 Å². The lowest BCUT2D eigenvalue weighted by Gasteiger charge is -2.25. The Hall–Kier alpha value is -2.57. The number of aliphatic hydroxyl groups is 1. The highest BCUT2D eigenvalue weighted by molar-refractivity contribution is 5.80. The second-order valence-electron chi connectivity index (χ2n) is 8.88. The van der Waals surface area contributed by atoms with Crippen molar-refractivity contribution < 1.29 is 23.8 Å². The quantitative estimate of drug-likeness (QED) is 0.586. The fourth-order valence-corrected chi connectivity index (χ4v) is 4.13. The Kier molecular flexibility index (Phi) is 7.80. The Labute approximate surface area is 189 Å². The molecule has 172 valence electrons. The average Bonchev–Trinajstić information content (AvgIpc) is 2.72. The van der Waals surface area contributed by atoms with Gasteiger partial charge in [-0.15, -0.1) is 0 Å². The maximum atomic E-state index is 13.7. The number of benzene rings is 1. The molecule has 5 nitrogen and oxygen atoms in total. The number of cyclic esters (lactones) is 1. The van der Waals surface area contributed by atoms with Gasteiger partial charge < -0.3 is 14.6 Å². The number of esters is 1. The van der Waals surface area contributed by atoms with Crippen LogP contribution in [-0.4, -0.2) is 35.4 Å². The van der Waals surface area contributed by atoms with Crippen LogP contribution in [-0.2, 0) is 20.9 Å². The van der Waals surface area contributed by atoms with Crippen LogP contribution in [0.5, 0.6) is 0 Å². The van der Waals surface area contributed by atoms with E-state index in [0.717, 1.165) is 33.6 Å². The second-order valence-corrected chi connectivity index (χ2v) is 8.88. The maximum Gasteiger partial charge on any atom is 0.309 e. The standard InChI is InChI=1S/C26H32FNO4/c1-15(2)25-21(11-10-20-12-19(29)13-23(30)32-20)24(17-6-8-18(27)9-7-17)22(14-31-5)26(28-25)16(3)4/h6-11,15-16,19-20,29H,12-14H2,1-5H3/t19-,20?/m1/s1. The minimum absolute atomic E-state index is 0.0189. The number of aliphatic hydroxyl groups excluding tert-OH is 1. The Balaban J connectivity index is 2.24. The summed E-state index contributed by atoms with van der Waals surface area (Å²) in [5, 5.41) is 9.96. The van der Waals surface area contributed by atoms with E-state index in [1.54, 1.807) is 19.2 Å². The maximum absolute atomic E-state index is 13.7. The molecule has 1 N–H and O–H groups in total. The molecule has 0 spiro atoms. The molecule has 1 fully saturated rings. The third-order valence-corrected chi connectivity index (χ3v) is 5.58. The second kappa shape index (κ2) is 10.4.